The number of rotatable bonds is 7. The zero-order valence-electron chi connectivity index (χ0n) is 20.4. The van der Waals surface area contributed by atoms with Gasteiger partial charge in [0.25, 0.3) is 0 Å². The number of hydrogen-bond donors (Lipinski definition) is 4. The molecule has 2 aromatic carbocycles. The molecule has 9 nitrogen and oxygen atoms in total. The molecule has 5 aromatic rings. The first-order chi connectivity index (χ1) is 18.5. The molecule has 5 N–H and O–H groups in total. The van der Waals surface area contributed by atoms with Crippen LogP contribution < -0.4 is 11.1 Å². The van der Waals surface area contributed by atoms with Crippen molar-refractivity contribution in [3.05, 3.63) is 89.3 Å². The Morgan fingerprint density at radius 2 is 1.76 bits per heavy atom. The number of hydrogen-bond acceptors (Lipinski definition) is 8. The maximum atomic E-state index is 10.7. The van der Waals surface area contributed by atoms with Crippen molar-refractivity contribution in [2.75, 3.05) is 11.1 Å². The van der Waals surface area contributed by atoms with E-state index in [1.165, 1.54) is 6.33 Å². The van der Waals surface area contributed by atoms with Crippen LogP contribution in [0.2, 0.25) is 5.02 Å². The monoisotopic (exact) mass is 530 g/mol. The van der Waals surface area contributed by atoms with Gasteiger partial charge in [0, 0.05) is 23.2 Å². The second-order valence-corrected chi connectivity index (χ2v) is 9.94. The molecule has 1 fully saturated rings. The van der Waals surface area contributed by atoms with Crippen LogP contribution in [0.3, 0.4) is 0 Å². The third-order valence-electron chi connectivity index (χ3n) is 7.01. The number of aromatic nitrogens is 4. The Balaban J connectivity index is 1.13. The van der Waals surface area contributed by atoms with Gasteiger partial charge in [-0.3, -0.25) is 0 Å². The fourth-order valence-electron chi connectivity index (χ4n) is 4.91. The third-order valence-corrected chi connectivity index (χ3v) is 7.26. The number of nitrogen functional groups attached to an aromatic ring is 1. The van der Waals surface area contributed by atoms with Crippen LogP contribution in [0.25, 0.3) is 21.9 Å². The molecular weight excluding hydrogens is 504 g/mol. The van der Waals surface area contributed by atoms with Gasteiger partial charge in [0.2, 0.25) is 0 Å². The summed E-state index contributed by atoms with van der Waals surface area (Å²) in [6.07, 6.45) is 0.866. The lowest BCUT2D eigenvalue weighted by Crippen LogP contribution is -2.31. The zero-order chi connectivity index (χ0) is 26.2. The Hall–Kier alpha value is -3.76. The number of aryl methyl sites for hydroxylation is 1. The minimum absolute atomic E-state index is 0.353. The highest BCUT2D eigenvalue weighted by atomic mass is 35.5. The first kappa shape index (κ1) is 24.6. The summed E-state index contributed by atoms with van der Waals surface area (Å²) >= 11 is 5.97. The molecule has 0 spiro atoms. The van der Waals surface area contributed by atoms with Crippen molar-refractivity contribution in [2.24, 2.45) is 0 Å². The molecule has 194 valence electrons. The topological polar surface area (TPSA) is 131 Å². The number of benzene rings is 2. The van der Waals surface area contributed by atoms with Crippen LogP contribution >= 0.6 is 11.6 Å². The predicted octanol–water partition coefficient (Wildman–Crippen LogP) is 4.08. The van der Waals surface area contributed by atoms with Crippen molar-refractivity contribution < 1.29 is 14.9 Å². The highest BCUT2D eigenvalue weighted by Gasteiger charge is 2.43. The molecule has 3 aromatic heterocycles. The number of ether oxygens (including phenoxy) is 1. The molecule has 1 saturated heterocycles. The molecule has 6 rings (SSSR count). The zero-order valence-corrected chi connectivity index (χ0v) is 21.2. The average molecular weight is 531 g/mol. The Morgan fingerprint density at radius 3 is 2.61 bits per heavy atom. The lowest BCUT2D eigenvalue weighted by Gasteiger charge is -2.17. The molecule has 1 aliphatic heterocycles. The van der Waals surface area contributed by atoms with Crippen LogP contribution in [0.15, 0.2) is 73.2 Å². The van der Waals surface area contributed by atoms with Crippen LogP contribution in [-0.4, -0.2) is 48.0 Å². The van der Waals surface area contributed by atoms with Crippen LogP contribution in [0.1, 0.15) is 23.8 Å². The van der Waals surface area contributed by atoms with Crippen LogP contribution in [0, 0.1) is 0 Å². The molecule has 10 heteroatoms. The van der Waals surface area contributed by atoms with Gasteiger partial charge in [-0.25, -0.2) is 15.0 Å². The van der Waals surface area contributed by atoms with Gasteiger partial charge < -0.3 is 30.6 Å². The number of anilines is 2. The summed E-state index contributed by atoms with van der Waals surface area (Å²) in [4.78, 5) is 13.1. The van der Waals surface area contributed by atoms with Crippen LogP contribution in [-0.2, 0) is 17.7 Å². The third kappa shape index (κ3) is 4.77. The summed E-state index contributed by atoms with van der Waals surface area (Å²) in [6, 6.07) is 19.6. The highest BCUT2D eigenvalue weighted by molar-refractivity contribution is 6.30. The van der Waals surface area contributed by atoms with Gasteiger partial charge in [0.15, 0.2) is 6.23 Å². The van der Waals surface area contributed by atoms with Crippen molar-refractivity contribution in [1.29, 1.82) is 0 Å². The summed E-state index contributed by atoms with van der Waals surface area (Å²) in [7, 11) is 0. The van der Waals surface area contributed by atoms with E-state index in [1.807, 2.05) is 42.5 Å². The summed E-state index contributed by atoms with van der Waals surface area (Å²) in [5.41, 5.74) is 9.55. The Labute approximate surface area is 223 Å². The number of nitrogens with two attached hydrogens (primary N) is 1. The molecule has 4 heterocycles. The predicted molar refractivity (Wildman–Crippen MR) is 147 cm³/mol. The number of aliphatic hydroxyl groups is 2. The van der Waals surface area contributed by atoms with Crippen molar-refractivity contribution >= 4 is 45.2 Å². The first-order valence-corrected chi connectivity index (χ1v) is 12.8. The van der Waals surface area contributed by atoms with E-state index < -0.39 is 24.5 Å². The highest BCUT2D eigenvalue weighted by Crippen LogP contribution is 2.34. The van der Waals surface area contributed by atoms with Gasteiger partial charge >= 0.3 is 0 Å². The number of pyridine rings is 1. The van der Waals surface area contributed by atoms with Crippen molar-refractivity contribution in [3.63, 3.8) is 0 Å². The molecule has 0 bridgehead atoms. The van der Waals surface area contributed by atoms with Crippen molar-refractivity contribution in [3.8, 4) is 0 Å². The molecule has 0 saturated carbocycles. The lowest BCUT2D eigenvalue weighted by atomic mass is 10.0. The lowest BCUT2D eigenvalue weighted by molar-refractivity contribution is -0.0364. The number of nitrogens with one attached hydrogen (secondary N) is 1. The smallest absolute Gasteiger partial charge is 0.164 e. The minimum atomic E-state index is -1.10. The van der Waals surface area contributed by atoms with Gasteiger partial charge in [-0.1, -0.05) is 35.9 Å². The Bertz CT molecular complexity index is 1590. The summed E-state index contributed by atoms with van der Waals surface area (Å²) in [5.74, 6) is 1.14. The van der Waals surface area contributed by atoms with Gasteiger partial charge in [-0.15, -0.1) is 0 Å². The second kappa shape index (κ2) is 10.2. The van der Waals surface area contributed by atoms with Crippen LogP contribution in [0.4, 0.5) is 11.6 Å². The molecule has 38 heavy (non-hydrogen) atoms. The number of nitrogens with zero attached hydrogens (tertiary/aromatic N) is 4. The van der Waals surface area contributed by atoms with E-state index in [4.69, 9.17) is 27.1 Å². The summed E-state index contributed by atoms with van der Waals surface area (Å²) < 4.78 is 7.81. The van der Waals surface area contributed by atoms with E-state index in [0.717, 1.165) is 27.8 Å². The molecular formula is C28H27ClN6O3. The molecule has 0 unspecified atom stereocenters. The maximum absolute atomic E-state index is 10.7. The number of fused-ring (bicyclic) bond motifs is 2. The molecule has 4 atom stereocenters. The molecule has 1 aliphatic rings. The number of halogens is 1. The second-order valence-electron chi connectivity index (χ2n) is 9.51. The Morgan fingerprint density at radius 1 is 0.974 bits per heavy atom. The Kier molecular flexibility index (Phi) is 6.59. The first-order valence-electron chi connectivity index (χ1n) is 12.4. The maximum Gasteiger partial charge on any atom is 0.164 e. The molecule has 0 aliphatic carbocycles. The minimum Gasteiger partial charge on any atom is -0.388 e. The van der Waals surface area contributed by atoms with E-state index in [-0.39, 0.29) is 0 Å². The van der Waals surface area contributed by atoms with Crippen molar-refractivity contribution in [1.82, 2.24) is 19.5 Å². The summed E-state index contributed by atoms with van der Waals surface area (Å²) in [6.45, 7) is 0.644. The van der Waals surface area contributed by atoms with Crippen LogP contribution in [0.5, 0.6) is 0 Å². The average Bonchev–Trinajstić information content (AvgIpc) is 3.48. The van der Waals surface area contributed by atoms with E-state index in [1.54, 1.807) is 16.8 Å². The van der Waals surface area contributed by atoms with Crippen molar-refractivity contribution in [2.45, 2.75) is 43.9 Å². The quantitative estimate of drug-likeness (QED) is 0.247. The SMILES string of the molecule is Nc1ncnc2c1ccn2[C@@H]1O[C@H](CCc2ccc3ccc(NCc4ccc(Cl)cc4)nc3c2)[C@@H](O)[C@H]1O. The van der Waals surface area contributed by atoms with Gasteiger partial charge in [0.1, 0.15) is 35.8 Å². The molecule has 0 radical (unpaired) electrons. The summed E-state index contributed by atoms with van der Waals surface area (Å²) in [5, 5.41) is 27.3. The van der Waals surface area contributed by atoms with Gasteiger partial charge in [-0.05, 0) is 60.4 Å². The number of aliphatic hydroxyl groups excluding tert-OH is 2. The largest absolute Gasteiger partial charge is 0.388 e. The molecule has 0 amide bonds. The normalized spacial score (nSPS) is 21.3. The van der Waals surface area contributed by atoms with Gasteiger partial charge in [0.05, 0.1) is 17.0 Å². The fraction of sp³-hybridized carbons (Fsp3) is 0.250. The van der Waals surface area contributed by atoms with E-state index in [0.29, 0.717) is 41.3 Å². The fourth-order valence-corrected chi connectivity index (χ4v) is 5.04. The van der Waals surface area contributed by atoms with E-state index >= 15 is 0 Å². The van der Waals surface area contributed by atoms with Gasteiger partial charge in [-0.2, -0.15) is 0 Å². The standard InChI is InChI=1S/C28H27ClN6O3/c29-19-7-2-17(3-8-19)14-31-23-10-6-18-5-1-16(13-21(18)34-23)4-9-22-24(36)25(37)28(38-22)35-12-11-20-26(30)32-15-33-27(20)35/h1-3,5-8,10-13,15,22,24-25,28,36-37H,4,9,14H2,(H,31,34)(H2,30,32,33)/t22-,24-,25-,28-/m1/s1. The van der Waals surface area contributed by atoms with E-state index in [9.17, 15) is 10.2 Å². The van der Waals surface area contributed by atoms with E-state index in [2.05, 4.69) is 27.4 Å².